The molecule has 12 nitrogen and oxygen atoms in total. The summed E-state index contributed by atoms with van der Waals surface area (Å²) in [5, 5.41) is 44.3. The number of aromatic hydroxyl groups is 1. The number of nitrogens with two attached hydrogens (primary N) is 1. The van der Waals surface area contributed by atoms with E-state index in [4.69, 9.17) is 5.73 Å². The van der Waals surface area contributed by atoms with Crippen LogP contribution in [0.3, 0.4) is 0 Å². The highest BCUT2D eigenvalue weighted by Crippen LogP contribution is 2.52. The summed E-state index contributed by atoms with van der Waals surface area (Å²) < 4.78 is 25.1. The topological polar surface area (TPSA) is 208 Å². The predicted octanol–water partition coefficient (Wildman–Crippen LogP) is -0.554. The van der Waals surface area contributed by atoms with Crippen molar-refractivity contribution in [3.63, 3.8) is 0 Å². The SMILES string of the molecule is CN(C)C1C(=O)C(C(N)=O)=C(O)C2(O)C(=O)C3=C(O)c4c(O)ccc(CCCNS(C)(=O)=O)c4CC3CC12. The van der Waals surface area contributed by atoms with Crippen LogP contribution in [0.5, 0.6) is 5.75 Å². The number of sulfonamides is 1. The summed E-state index contributed by atoms with van der Waals surface area (Å²) in [6.45, 7) is 0.180. The summed E-state index contributed by atoms with van der Waals surface area (Å²) in [5.74, 6) is -6.99. The fourth-order valence-corrected chi connectivity index (χ4v) is 6.59. The van der Waals surface area contributed by atoms with Gasteiger partial charge in [-0.15, -0.1) is 0 Å². The van der Waals surface area contributed by atoms with Crippen molar-refractivity contribution >= 4 is 33.3 Å². The number of amides is 1. The number of aliphatic hydroxyl groups excluding tert-OH is 2. The first-order chi connectivity index (χ1) is 17.6. The number of likely N-dealkylation sites (N-methyl/N-ethyl adjacent to an activating group) is 1. The Hall–Kier alpha value is -3.26. The highest BCUT2D eigenvalue weighted by Gasteiger charge is 2.64. The molecule has 13 heteroatoms. The van der Waals surface area contributed by atoms with E-state index < -0.39 is 68.1 Å². The third-order valence-corrected chi connectivity index (χ3v) is 8.42. The number of nitrogens with one attached hydrogen (secondary N) is 1. The van der Waals surface area contributed by atoms with Crippen molar-refractivity contribution < 1.29 is 43.2 Å². The largest absolute Gasteiger partial charge is 0.508 e. The monoisotopic (exact) mass is 549 g/mol. The molecule has 1 aromatic carbocycles. The summed E-state index contributed by atoms with van der Waals surface area (Å²) in [4.78, 5) is 40.4. The fraction of sp³-hybridized carbons (Fsp3) is 0.480. The zero-order valence-electron chi connectivity index (χ0n) is 21.2. The third kappa shape index (κ3) is 4.28. The summed E-state index contributed by atoms with van der Waals surface area (Å²) in [6.07, 6.45) is 2.07. The molecule has 4 atom stereocenters. The summed E-state index contributed by atoms with van der Waals surface area (Å²) in [6, 6.07) is 1.86. The van der Waals surface area contributed by atoms with Crippen molar-refractivity contribution in [3.8, 4) is 5.75 Å². The van der Waals surface area contributed by atoms with E-state index in [-0.39, 0.29) is 36.3 Å². The van der Waals surface area contributed by atoms with Crippen molar-refractivity contribution in [2.24, 2.45) is 17.6 Å². The lowest BCUT2D eigenvalue weighted by atomic mass is 9.57. The molecule has 7 N–H and O–H groups in total. The van der Waals surface area contributed by atoms with Gasteiger partial charge in [0.25, 0.3) is 5.91 Å². The van der Waals surface area contributed by atoms with Crippen LogP contribution in [0, 0.1) is 11.8 Å². The molecule has 4 rings (SSSR count). The van der Waals surface area contributed by atoms with Crippen LogP contribution in [-0.4, -0.2) is 89.8 Å². The van der Waals surface area contributed by atoms with Gasteiger partial charge in [0.1, 0.15) is 22.8 Å². The van der Waals surface area contributed by atoms with Gasteiger partial charge < -0.3 is 26.2 Å². The zero-order chi connectivity index (χ0) is 28.3. The van der Waals surface area contributed by atoms with Gasteiger partial charge in [0.15, 0.2) is 11.4 Å². The molecule has 4 unspecified atom stereocenters. The number of carbonyl (C=O) groups is 3. The van der Waals surface area contributed by atoms with Crippen LogP contribution in [0.25, 0.3) is 5.76 Å². The van der Waals surface area contributed by atoms with Crippen LogP contribution in [0.4, 0.5) is 0 Å². The Morgan fingerprint density at radius 3 is 2.45 bits per heavy atom. The molecular weight excluding hydrogens is 518 g/mol. The van der Waals surface area contributed by atoms with Gasteiger partial charge in [0.05, 0.1) is 17.9 Å². The lowest BCUT2D eigenvalue weighted by Crippen LogP contribution is -2.65. The Labute approximate surface area is 219 Å². The Morgan fingerprint density at radius 2 is 1.87 bits per heavy atom. The maximum Gasteiger partial charge on any atom is 0.255 e. The van der Waals surface area contributed by atoms with E-state index >= 15 is 0 Å². The number of aryl methyl sites for hydroxylation is 1. The zero-order valence-corrected chi connectivity index (χ0v) is 22.0. The molecule has 206 valence electrons. The number of rotatable bonds is 7. The van der Waals surface area contributed by atoms with E-state index in [0.717, 1.165) is 11.8 Å². The number of hydrogen-bond donors (Lipinski definition) is 6. The number of nitrogens with zero attached hydrogens (tertiary/aromatic N) is 1. The molecule has 0 radical (unpaired) electrons. The van der Waals surface area contributed by atoms with Crippen molar-refractivity contribution in [2.75, 3.05) is 26.9 Å². The minimum absolute atomic E-state index is 0.00348. The van der Waals surface area contributed by atoms with Gasteiger partial charge in [-0.2, -0.15) is 0 Å². The van der Waals surface area contributed by atoms with Crippen LogP contribution in [-0.2, 0) is 37.2 Å². The summed E-state index contributed by atoms with van der Waals surface area (Å²) >= 11 is 0. The highest BCUT2D eigenvalue weighted by molar-refractivity contribution is 7.88. The van der Waals surface area contributed by atoms with Crippen LogP contribution in [0.2, 0.25) is 0 Å². The van der Waals surface area contributed by atoms with E-state index in [9.17, 15) is 43.2 Å². The Bertz CT molecular complexity index is 1410. The average molecular weight is 550 g/mol. The van der Waals surface area contributed by atoms with Gasteiger partial charge in [-0.1, -0.05) is 6.07 Å². The Balaban J connectivity index is 1.82. The number of phenols is 1. The molecule has 1 saturated carbocycles. The number of carbonyl (C=O) groups excluding carboxylic acids is 3. The summed E-state index contributed by atoms with van der Waals surface area (Å²) in [5.41, 5.74) is 2.86. The number of phenolic OH excluding ortho intramolecular Hbond substituents is 1. The molecular formula is C25H31N3O9S. The molecule has 0 aliphatic heterocycles. The van der Waals surface area contributed by atoms with Crippen LogP contribution in [0.1, 0.15) is 29.5 Å². The van der Waals surface area contributed by atoms with Gasteiger partial charge in [0, 0.05) is 18.0 Å². The van der Waals surface area contributed by atoms with Gasteiger partial charge >= 0.3 is 0 Å². The molecule has 0 aromatic heterocycles. The van der Waals surface area contributed by atoms with Crippen LogP contribution >= 0.6 is 0 Å². The quantitative estimate of drug-likeness (QED) is 0.189. The van der Waals surface area contributed by atoms with Gasteiger partial charge in [-0.3, -0.25) is 19.3 Å². The lowest BCUT2D eigenvalue weighted by Gasteiger charge is -2.50. The number of primary amides is 1. The molecule has 0 saturated heterocycles. The number of Topliss-reactive ketones (excluding diaryl/α,β-unsaturated/α-hetero) is 2. The number of fused-ring (bicyclic) bond motifs is 3. The predicted molar refractivity (Wildman–Crippen MR) is 135 cm³/mol. The first-order valence-electron chi connectivity index (χ1n) is 12.0. The second-order valence-corrected chi connectivity index (χ2v) is 12.2. The van der Waals surface area contributed by atoms with E-state index in [0.29, 0.717) is 18.4 Å². The van der Waals surface area contributed by atoms with E-state index in [1.807, 2.05) is 0 Å². The molecule has 3 aliphatic rings. The normalized spacial score (nSPS) is 27.3. The number of ketones is 2. The van der Waals surface area contributed by atoms with Crippen molar-refractivity contribution in [1.82, 2.24) is 9.62 Å². The van der Waals surface area contributed by atoms with E-state index in [1.54, 1.807) is 6.07 Å². The molecule has 0 spiro atoms. The molecule has 3 aliphatic carbocycles. The van der Waals surface area contributed by atoms with Crippen molar-refractivity contribution in [1.29, 1.82) is 0 Å². The third-order valence-electron chi connectivity index (χ3n) is 7.69. The maximum atomic E-state index is 13.8. The first-order valence-corrected chi connectivity index (χ1v) is 13.9. The summed E-state index contributed by atoms with van der Waals surface area (Å²) in [7, 11) is -0.293. The minimum atomic E-state index is -3.36. The smallest absolute Gasteiger partial charge is 0.255 e. The maximum absolute atomic E-state index is 13.8. The molecule has 0 bridgehead atoms. The van der Waals surface area contributed by atoms with Crippen LogP contribution < -0.4 is 10.5 Å². The van der Waals surface area contributed by atoms with Crippen molar-refractivity contribution in [2.45, 2.75) is 37.3 Å². The number of aliphatic hydroxyl groups is 3. The highest BCUT2D eigenvalue weighted by atomic mass is 32.2. The molecule has 0 heterocycles. The average Bonchev–Trinajstić information content (AvgIpc) is 2.79. The minimum Gasteiger partial charge on any atom is -0.508 e. The van der Waals surface area contributed by atoms with Crippen LogP contribution in [0.15, 0.2) is 29.0 Å². The van der Waals surface area contributed by atoms with E-state index in [2.05, 4.69) is 4.72 Å². The standard InChI is InChI=1S/C25H31N3O9S/c1-28(2)19-14-10-12-9-13-11(5-4-8-27-38(3,36)37)6-7-15(29)17(13)20(30)16(12)22(32)25(14,35)23(33)18(21(19)31)24(26)34/h6-7,12,14,19,27,29-30,33,35H,4-5,8-10H2,1-3H3,(H2,26,34). The lowest BCUT2D eigenvalue weighted by molar-refractivity contribution is -0.153. The second kappa shape index (κ2) is 9.49. The van der Waals surface area contributed by atoms with Crippen molar-refractivity contribution in [3.05, 3.63) is 45.7 Å². The van der Waals surface area contributed by atoms with E-state index in [1.165, 1.54) is 25.1 Å². The Kier molecular flexibility index (Phi) is 6.93. The fourth-order valence-electron chi connectivity index (χ4n) is 6.08. The molecule has 38 heavy (non-hydrogen) atoms. The number of benzene rings is 1. The molecule has 1 fully saturated rings. The molecule has 1 aromatic rings. The number of hydrogen-bond acceptors (Lipinski definition) is 10. The molecule has 1 amide bonds. The van der Waals surface area contributed by atoms with Gasteiger partial charge in [0.2, 0.25) is 15.8 Å². The second-order valence-electron chi connectivity index (χ2n) is 10.3. The Morgan fingerprint density at radius 1 is 1.21 bits per heavy atom. The first kappa shape index (κ1) is 27.8. The van der Waals surface area contributed by atoms with Gasteiger partial charge in [-0.25, -0.2) is 13.1 Å². The van der Waals surface area contributed by atoms with Gasteiger partial charge in [-0.05, 0) is 62.9 Å².